The number of rotatable bonds is 4. The van der Waals surface area contributed by atoms with Gasteiger partial charge in [-0.3, -0.25) is 14.5 Å². The highest BCUT2D eigenvalue weighted by Crippen LogP contribution is 2.41. The highest BCUT2D eigenvalue weighted by atomic mass is 16.2. The number of fused-ring (bicyclic) bond motifs is 1. The fraction of sp³-hybridized carbons (Fsp3) is 0.520. The van der Waals surface area contributed by atoms with Gasteiger partial charge in [0, 0.05) is 61.8 Å². The molecule has 2 N–H and O–H groups in total. The first-order valence-corrected chi connectivity index (χ1v) is 12.3. The van der Waals surface area contributed by atoms with Crippen LogP contribution in [0, 0.1) is 0 Å². The number of anilines is 4. The molecule has 178 valence electrons. The van der Waals surface area contributed by atoms with E-state index in [0.717, 1.165) is 63.1 Å². The normalized spacial score (nSPS) is 25.3. The maximum absolute atomic E-state index is 13.3. The Labute approximate surface area is 199 Å². The number of nitrogens with one attached hydrogen (secondary N) is 2. The molecule has 1 aliphatic carbocycles. The van der Waals surface area contributed by atoms with Gasteiger partial charge in [-0.1, -0.05) is 12.8 Å². The van der Waals surface area contributed by atoms with Gasteiger partial charge in [0.2, 0.25) is 11.9 Å². The van der Waals surface area contributed by atoms with Crippen molar-refractivity contribution < 1.29 is 9.59 Å². The first kappa shape index (κ1) is 21.3. The lowest BCUT2D eigenvalue weighted by Crippen LogP contribution is -2.48. The highest BCUT2D eigenvalue weighted by Gasteiger charge is 2.56. The van der Waals surface area contributed by atoms with Crippen LogP contribution in [-0.2, 0) is 16.0 Å². The topological polar surface area (TPSA) is 93.7 Å². The van der Waals surface area contributed by atoms with Crippen molar-refractivity contribution in [2.75, 3.05) is 48.8 Å². The Bertz CT molecular complexity index is 1110. The summed E-state index contributed by atoms with van der Waals surface area (Å²) < 4.78 is 0. The van der Waals surface area contributed by atoms with E-state index in [1.807, 2.05) is 12.1 Å². The molecule has 1 unspecified atom stereocenters. The van der Waals surface area contributed by atoms with E-state index in [1.165, 1.54) is 10.6 Å². The van der Waals surface area contributed by atoms with E-state index in [1.54, 1.807) is 6.20 Å². The van der Waals surface area contributed by atoms with E-state index < -0.39 is 5.54 Å². The number of likely N-dealkylation sites (tertiary alicyclic amines) is 1. The average molecular weight is 462 g/mol. The Balaban J connectivity index is 1.14. The van der Waals surface area contributed by atoms with Crippen molar-refractivity contribution >= 4 is 35.0 Å². The van der Waals surface area contributed by atoms with Crippen molar-refractivity contribution in [1.82, 2.24) is 19.8 Å². The Hall–Kier alpha value is -3.20. The number of nitrogens with zero attached hydrogens (tertiary/aromatic N) is 5. The van der Waals surface area contributed by atoms with Crippen LogP contribution in [0.5, 0.6) is 0 Å². The van der Waals surface area contributed by atoms with Crippen LogP contribution in [-0.4, -0.2) is 76.4 Å². The van der Waals surface area contributed by atoms with E-state index in [0.29, 0.717) is 18.2 Å². The summed E-state index contributed by atoms with van der Waals surface area (Å²) in [5, 5.41) is 6.58. The third-order valence-electron chi connectivity index (χ3n) is 7.75. The average Bonchev–Trinajstić information content (AvgIpc) is 3.53. The first-order chi connectivity index (χ1) is 16.5. The molecular weight excluding hydrogens is 430 g/mol. The second-order valence-electron chi connectivity index (χ2n) is 10.1. The molecule has 9 nitrogen and oxygen atoms in total. The number of amides is 2. The standard InChI is InChI=1S/C25H31N7O2/c1-30-10-12-31(13-11-30)19-8-6-18(7-9-19)27-24-26-16-17-14-25(29-22(17)28-24)15-21(33)32(23(25)34)20-4-2-3-5-20/h6-9,16,20H,2-5,10-15H2,1H3,(H2,26,27,28,29). The van der Waals surface area contributed by atoms with Crippen molar-refractivity contribution in [2.45, 2.75) is 50.1 Å². The summed E-state index contributed by atoms with van der Waals surface area (Å²) in [6.07, 6.45) is 6.41. The summed E-state index contributed by atoms with van der Waals surface area (Å²) in [7, 11) is 2.16. The van der Waals surface area contributed by atoms with Gasteiger partial charge in [0.05, 0.1) is 6.42 Å². The van der Waals surface area contributed by atoms with Gasteiger partial charge in [-0.25, -0.2) is 4.98 Å². The van der Waals surface area contributed by atoms with E-state index in [2.05, 4.69) is 49.6 Å². The summed E-state index contributed by atoms with van der Waals surface area (Å²) in [6, 6.07) is 8.38. The van der Waals surface area contributed by atoms with Gasteiger partial charge in [0.15, 0.2) is 0 Å². The van der Waals surface area contributed by atoms with Crippen LogP contribution in [0.15, 0.2) is 30.5 Å². The predicted octanol–water partition coefficient (Wildman–Crippen LogP) is 2.38. The lowest BCUT2D eigenvalue weighted by Gasteiger charge is -2.34. The number of aromatic nitrogens is 2. The van der Waals surface area contributed by atoms with Gasteiger partial charge in [-0.2, -0.15) is 4.98 Å². The molecule has 4 heterocycles. The van der Waals surface area contributed by atoms with Crippen molar-refractivity contribution in [3.8, 4) is 0 Å². The molecule has 0 bridgehead atoms. The number of hydrogen-bond donors (Lipinski definition) is 2. The zero-order chi connectivity index (χ0) is 23.3. The molecule has 3 aliphatic heterocycles. The molecule has 4 aliphatic rings. The molecule has 0 radical (unpaired) electrons. The summed E-state index contributed by atoms with van der Waals surface area (Å²) in [4.78, 5) is 41.5. The molecule has 9 heteroatoms. The van der Waals surface area contributed by atoms with Gasteiger partial charge in [-0.15, -0.1) is 0 Å². The van der Waals surface area contributed by atoms with Gasteiger partial charge < -0.3 is 20.4 Å². The molecule has 1 aromatic heterocycles. The number of imide groups is 1. The lowest BCUT2D eigenvalue weighted by atomic mass is 9.94. The van der Waals surface area contributed by atoms with Gasteiger partial charge in [-0.05, 0) is 44.2 Å². The molecule has 2 aromatic rings. The Morgan fingerprint density at radius 3 is 2.50 bits per heavy atom. The summed E-state index contributed by atoms with van der Waals surface area (Å²) in [5.41, 5.74) is 2.10. The van der Waals surface area contributed by atoms with Gasteiger partial charge >= 0.3 is 0 Å². The number of hydrogen-bond acceptors (Lipinski definition) is 8. The zero-order valence-electron chi connectivity index (χ0n) is 19.6. The predicted molar refractivity (Wildman–Crippen MR) is 130 cm³/mol. The number of carbonyl (C=O) groups excluding carboxylic acids is 2. The van der Waals surface area contributed by atoms with Crippen LogP contribution in [0.25, 0.3) is 0 Å². The molecule has 1 atom stereocenters. The van der Waals surface area contributed by atoms with Crippen LogP contribution < -0.4 is 15.5 Å². The van der Waals surface area contributed by atoms with E-state index in [4.69, 9.17) is 0 Å². The van der Waals surface area contributed by atoms with Crippen LogP contribution in [0.3, 0.4) is 0 Å². The molecule has 6 rings (SSSR count). The summed E-state index contributed by atoms with van der Waals surface area (Å²) in [6.45, 7) is 4.21. The van der Waals surface area contributed by atoms with Crippen molar-refractivity contribution in [3.63, 3.8) is 0 Å². The second kappa shape index (κ2) is 8.23. The summed E-state index contributed by atoms with van der Waals surface area (Å²) in [5.74, 6) is 0.946. The van der Waals surface area contributed by atoms with Crippen LogP contribution in [0.1, 0.15) is 37.7 Å². The Morgan fingerprint density at radius 1 is 1.03 bits per heavy atom. The van der Waals surface area contributed by atoms with Crippen molar-refractivity contribution in [2.24, 2.45) is 0 Å². The van der Waals surface area contributed by atoms with Crippen molar-refractivity contribution in [3.05, 3.63) is 36.0 Å². The fourth-order valence-corrected chi connectivity index (χ4v) is 5.78. The smallest absolute Gasteiger partial charge is 0.256 e. The van der Waals surface area contributed by atoms with E-state index in [9.17, 15) is 9.59 Å². The molecular formula is C25H31N7O2. The quantitative estimate of drug-likeness (QED) is 0.671. The SMILES string of the molecule is CN1CCN(c2ccc(Nc3ncc4c(n3)NC3(CC(=O)N(C5CCCC5)C3=O)C4)cc2)CC1. The van der Waals surface area contributed by atoms with Crippen LogP contribution in [0.4, 0.5) is 23.1 Å². The fourth-order valence-electron chi connectivity index (χ4n) is 5.78. The van der Waals surface area contributed by atoms with Crippen LogP contribution >= 0.6 is 0 Å². The number of likely N-dealkylation sites (N-methyl/N-ethyl adjacent to an activating group) is 1. The maximum Gasteiger partial charge on any atom is 0.256 e. The highest BCUT2D eigenvalue weighted by molar-refractivity contribution is 6.11. The molecule has 1 aromatic carbocycles. The Morgan fingerprint density at radius 2 is 1.76 bits per heavy atom. The minimum absolute atomic E-state index is 0.0574. The zero-order valence-corrected chi connectivity index (χ0v) is 19.6. The molecule has 34 heavy (non-hydrogen) atoms. The number of benzene rings is 1. The van der Waals surface area contributed by atoms with E-state index in [-0.39, 0.29) is 24.3 Å². The Kier molecular flexibility index (Phi) is 5.17. The largest absolute Gasteiger partial charge is 0.369 e. The number of piperazine rings is 1. The number of carbonyl (C=O) groups is 2. The maximum atomic E-state index is 13.3. The molecule has 1 spiro atoms. The monoisotopic (exact) mass is 461 g/mol. The van der Waals surface area contributed by atoms with Gasteiger partial charge in [0.25, 0.3) is 5.91 Å². The third-order valence-corrected chi connectivity index (χ3v) is 7.75. The van der Waals surface area contributed by atoms with Crippen molar-refractivity contribution in [1.29, 1.82) is 0 Å². The molecule has 2 amide bonds. The minimum atomic E-state index is -0.903. The molecule has 1 saturated carbocycles. The second-order valence-corrected chi connectivity index (χ2v) is 10.1. The first-order valence-electron chi connectivity index (χ1n) is 12.3. The van der Waals surface area contributed by atoms with Crippen LogP contribution in [0.2, 0.25) is 0 Å². The summed E-state index contributed by atoms with van der Waals surface area (Å²) >= 11 is 0. The minimum Gasteiger partial charge on any atom is -0.369 e. The van der Waals surface area contributed by atoms with Gasteiger partial charge in [0.1, 0.15) is 11.4 Å². The lowest BCUT2D eigenvalue weighted by molar-refractivity contribution is -0.142. The molecule has 2 saturated heterocycles. The molecule has 3 fully saturated rings. The van der Waals surface area contributed by atoms with E-state index >= 15 is 0 Å². The third kappa shape index (κ3) is 3.68.